The Balaban J connectivity index is 1.33. The Bertz CT molecular complexity index is 1080. The second-order valence-corrected chi connectivity index (χ2v) is 10.8. The summed E-state index contributed by atoms with van der Waals surface area (Å²) in [5.41, 5.74) is 3.27. The molecule has 1 aliphatic heterocycles. The number of carbonyl (C=O) groups is 1. The van der Waals surface area contributed by atoms with E-state index in [1.807, 2.05) is 31.2 Å². The monoisotopic (exact) mass is 471 g/mol. The maximum Gasteiger partial charge on any atom is 0.243 e. The van der Waals surface area contributed by atoms with Crippen molar-refractivity contribution in [2.24, 2.45) is 5.92 Å². The Hall–Kier alpha value is -2.45. The summed E-state index contributed by atoms with van der Waals surface area (Å²) in [6.07, 6.45) is 7.85. The topological polar surface area (TPSA) is 88.6 Å². The lowest BCUT2D eigenvalue weighted by Crippen LogP contribution is -2.42. The minimum absolute atomic E-state index is 0.0499. The van der Waals surface area contributed by atoms with E-state index < -0.39 is 10.0 Å². The van der Waals surface area contributed by atoms with Gasteiger partial charge in [0.15, 0.2) is 0 Å². The first kappa shape index (κ1) is 23.7. The van der Waals surface area contributed by atoms with Gasteiger partial charge in [0.25, 0.3) is 0 Å². The molecular formula is C25H33N3O4S. The maximum absolute atomic E-state index is 13.2. The van der Waals surface area contributed by atoms with E-state index in [0.717, 1.165) is 36.8 Å². The van der Waals surface area contributed by atoms with E-state index in [9.17, 15) is 13.2 Å². The number of fused-ring (bicyclic) bond motifs is 1. The summed E-state index contributed by atoms with van der Waals surface area (Å²) in [7, 11) is -3.54. The van der Waals surface area contributed by atoms with Gasteiger partial charge in [0.2, 0.25) is 21.8 Å². The molecule has 0 atom stereocenters. The quantitative estimate of drug-likeness (QED) is 0.637. The molecule has 1 fully saturated rings. The van der Waals surface area contributed by atoms with Crippen LogP contribution in [0.25, 0.3) is 0 Å². The van der Waals surface area contributed by atoms with Crippen molar-refractivity contribution in [3.63, 3.8) is 0 Å². The van der Waals surface area contributed by atoms with Crippen LogP contribution in [-0.2, 0) is 34.2 Å². The van der Waals surface area contributed by atoms with Crippen molar-refractivity contribution < 1.29 is 17.9 Å². The molecule has 0 unspecified atom stereocenters. The fraction of sp³-hybridized carbons (Fsp3) is 0.520. The van der Waals surface area contributed by atoms with Crippen LogP contribution in [0, 0.1) is 5.92 Å². The summed E-state index contributed by atoms with van der Waals surface area (Å²) in [5.74, 6) is 0.299. The van der Waals surface area contributed by atoms with Crippen molar-refractivity contribution >= 4 is 15.9 Å². The molecule has 1 saturated heterocycles. The first-order valence-corrected chi connectivity index (χ1v) is 13.4. The Morgan fingerprint density at radius 2 is 1.91 bits per heavy atom. The molecule has 2 aliphatic rings. The number of piperidine rings is 1. The lowest BCUT2D eigenvalue weighted by Gasteiger charge is -2.31. The van der Waals surface area contributed by atoms with E-state index in [1.165, 1.54) is 16.3 Å². The van der Waals surface area contributed by atoms with Crippen molar-refractivity contribution in [1.82, 2.24) is 14.6 Å². The Morgan fingerprint density at radius 3 is 2.67 bits per heavy atom. The number of nitrogens with zero attached hydrogens (tertiary/aromatic N) is 2. The summed E-state index contributed by atoms with van der Waals surface area (Å²) in [6, 6.07) is 9.29. The second-order valence-electron chi connectivity index (χ2n) is 8.85. The number of aromatic nitrogens is 1. The minimum atomic E-state index is -3.54. The van der Waals surface area contributed by atoms with E-state index in [2.05, 4.69) is 10.3 Å². The van der Waals surface area contributed by atoms with Crippen molar-refractivity contribution in [3.8, 4) is 5.88 Å². The van der Waals surface area contributed by atoms with Gasteiger partial charge in [-0.05, 0) is 74.3 Å². The van der Waals surface area contributed by atoms with Crippen LogP contribution in [0.2, 0.25) is 0 Å². The van der Waals surface area contributed by atoms with Gasteiger partial charge in [-0.25, -0.2) is 13.4 Å². The Kier molecular flexibility index (Phi) is 7.65. The molecule has 0 bridgehead atoms. The number of pyridine rings is 1. The van der Waals surface area contributed by atoms with Crippen LogP contribution in [0.4, 0.5) is 0 Å². The van der Waals surface area contributed by atoms with Gasteiger partial charge in [0, 0.05) is 37.3 Å². The Labute approximate surface area is 196 Å². The zero-order valence-corrected chi connectivity index (χ0v) is 20.1. The summed E-state index contributed by atoms with van der Waals surface area (Å²) in [5, 5.41) is 2.98. The molecule has 1 amide bonds. The molecular weight excluding hydrogens is 438 g/mol. The number of sulfonamides is 1. The molecule has 1 aromatic carbocycles. The van der Waals surface area contributed by atoms with Crippen LogP contribution in [0.1, 0.15) is 55.7 Å². The number of carbonyl (C=O) groups excluding carboxylic acids is 1. The van der Waals surface area contributed by atoms with E-state index >= 15 is 0 Å². The highest BCUT2D eigenvalue weighted by atomic mass is 32.2. The fourth-order valence-corrected chi connectivity index (χ4v) is 6.11. The summed E-state index contributed by atoms with van der Waals surface area (Å²) < 4.78 is 33.6. The predicted molar refractivity (Wildman–Crippen MR) is 126 cm³/mol. The normalized spacial score (nSPS) is 17.4. The van der Waals surface area contributed by atoms with Gasteiger partial charge in [-0.15, -0.1) is 0 Å². The standard InChI is InChI=1S/C25H33N3O4S/c1-2-16-32-25-22(8-5-13-26-25)18-27-24(29)20-11-14-28(15-12-20)33(30,31)23-10-9-19-6-3-4-7-21(19)17-23/h5,8-10,13,17,20H,2-4,6-7,11-12,14-16,18H2,1H3,(H,27,29). The van der Waals surface area contributed by atoms with E-state index in [-0.39, 0.29) is 11.8 Å². The summed E-state index contributed by atoms with van der Waals surface area (Å²) >= 11 is 0. The van der Waals surface area contributed by atoms with Crippen LogP contribution in [-0.4, -0.2) is 43.3 Å². The SMILES string of the molecule is CCCOc1ncccc1CNC(=O)C1CCN(S(=O)(=O)c2ccc3c(c2)CCCC3)CC1. The maximum atomic E-state index is 13.2. The molecule has 0 saturated carbocycles. The van der Waals surface area contributed by atoms with Crippen molar-refractivity contribution in [2.45, 2.75) is 63.3 Å². The third kappa shape index (κ3) is 5.55. The second kappa shape index (κ2) is 10.7. The predicted octanol–water partition coefficient (Wildman–Crippen LogP) is 3.47. The Morgan fingerprint density at radius 1 is 1.15 bits per heavy atom. The molecule has 2 aromatic rings. The van der Waals surface area contributed by atoms with Gasteiger partial charge >= 0.3 is 0 Å². The zero-order valence-electron chi connectivity index (χ0n) is 19.3. The molecule has 0 radical (unpaired) electrons. The van der Waals surface area contributed by atoms with Crippen molar-refractivity contribution in [3.05, 3.63) is 53.2 Å². The smallest absolute Gasteiger partial charge is 0.243 e. The van der Waals surface area contributed by atoms with Crippen molar-refractivity contribution in [2.75, 3.05) is 19.7 Å². The van der Waals surface area contributed by atoms with Crippen LogP contribution < -0.4 is 10.1 Å². The number of aryl methyl sites for hydroxylation is 2. The molecule has 8 heteroatoms. The summed E-state index contributed by atoms with van der Waals surface area (Å²) in [4.78, 5) is 17.4. The van der Waals surface area contributed by atoms with Crippen molar-refractivity contribution in [1.29, 1.82) is 0 Å². The number of nitrogens with one attached hydrogen (secondary N) is 1. The lowest BCUT2D eigenvalue weighted by atomic mass is 9.92. The summed E-state index contributed by atoms with van der Waals surface area (Å²) in [6.45, 7) is 3.67. The lowest BCUT2D eigenvalue weighted by molar-refractivity contribution is -0.126. The molecule has 1 aromatic heterocycles. The number of ether oxygens (including phenoxy) is 1. The molecule has 0 spiro atoms. The van der Waals surface area contributed by atoms with Gasteiger partial charge < -0.3 is 10.1 Å². The van der Waals surface area contributed by atoms with E-state index in [1.54, 1.807) is 12.3 Å². The van der Waals surface area contributed by atoms with Gasteiger partial charge in [-0.3, -0.25) is 4.79 Å². The minimum Gasteiger partial charge on any atom is -0.477 e. The molecule has 7 nitrogen and oxygen atoms in total. The first-order chi connectivity index (χ1) is 16.0. The van der Waals surface area contributed by atoms with Crippen LogP contribution in [0.3, 0.4) is 0 Å². The molecule has 1 N–H and O–H groups in total. The zero-order chi connectivity index (χ0) is 23.3. The third-order valence-electron chi connectivity index (χ3n) is 6.53. The molecule has 1 aliphatic carbocycles. The number of hydrogen-bond acceptors (Lipinski definition) is 5. The average molecular weight is 472 g/mol. The highest BCUT2D eigenvalue weighted by molar-refractivity contribution is 7.89. The number of rotatable bonds is 8. The van der Waals surface area contributed by atoms with E-state index in [0.29, 0.717) is 49.9 Å². The molecule has 178 valence electrons. The number of hydrogen-bond donors (Lipinski definition) is 1. The van der Waals surface area contributed by atoms with Gasteiger partial charge in [0.05, 0.1) is 11.5 Å². The van der Waals surface area contributed by atoms with Gasteiger partial charge in [0.1, 0.15) is 0 Å². The third-order valence-corrected chi connectivity index (χ3v) is 8.42. The number of amides is 1. The fourth-order valence-electron chi connectivity index (χ4n) is 4.59. The molecule has 2 heterocycles. The van der Waals surface area contributed by atoms with Crippen LogP contribution in [0.5, 0.6) is 5.88 Å². The van der Waals surface area contributed by atoms with Crippen LogP contribution in [0.15, 0.2) is 41.4 Å². The van der Waals surface area contributed by atoms with Gasteiger partial charge in [-0.1, -0.05) is 19.1 Å². The largest absolute Gasteiger partial charge is 0.477 e. The van der Waals surface area contributed by atoms with Crippen LogP contribution >= 0.6 is 0 Å². The highest BCUT2D eigenvalue weighted by Crippen LogP contribution is 2.28. The van der Waals surface area contributed by atoms with Gasteiger partial charge in [-0.2, -0.15) is 4.31 Å². The van der Waals surface area contributed by atoms with E-state index in [4.69, 9.17) is 4.74 Å². The first-order valence-electron chi connectivity index (χ1n) is 12.0. The molecule has 4 rings (SSSR count). The highest BCUT2D eigenvalue weighted by Gasteiger charge is 2.32. The average Bonchev–Trinajstić information content (AvgIpc) is 2.86. The molecule has 33 heavy (non-hydrogen) atoms. The number of benzene rings is 1.